The standard InChI is InChI=1S/C13H17N5/c1-9-6-17-13(9)3-5-18(7-13)12-10-2-4-14-11(10)15-8-16-12/h2,4,8-9,17H,3,5-7H2,1H3,(H,14,15,16)/t9?,13-/m0/s1. The average Bonchev–Trinajstić information content (AvgIpc) is 3.04. The summed E-state index contributed by atoms with van der Waals surface area (Å²) in [5.41, 5.74) is 1.25. The van der Waals surface area contributed by atoms with E-state index in [2.05, 4.69) is 38.2 Å². The minimum Gasteiger partial charge on any atom is -0.354 e. The number of nitrogens with zero attached hydrogens (tertiary/aromatic N) is 3. The smallest absolute Gasteiger partial charge is 0.142 e. The molecule has 4 rings (SSSR count). The lowest BCUT2D eigenvalue weighted by atomic mass is 9.77. The molecule has 0 radical (unpaired) electrons. The molecule has 2 aliphatic heterocycles. The van der Waals surface area contributed by atoms with Gasteiger partial charge in [-0.25, -0.2) is 9.97 Å². The minimum absolute atomic E-state index is 0.327. The Labute approximate surface area is 106 Å². The summed E-state index contributed by atoms with van der Waals surface area (Å²) in [4.78, 5) is 14.3. The van der Waals surface area contributed by atoms with Crippen LogP contribution in [0.4, 0.5) is 5.82 Å². The molecule has 2 aromatic heterocycles. The Balaban J connectivity index is 1.70. The predicted octanol–water partition coefficient (Wildman–Crippen LogP) is 1.15. The Hall–Kier alpha value is -1.62. The molecule has 0 saturated carbocycles. The van der Waals surface area contributed by atoms with Crippen LogP contribution in [0.5, 0.6) is 0 Å². The fourth-order valence-electron chi connectivity index (χ4n) is 3.27. The quantitative estimate of drug-likeness (QED) is 0.789. The van der Waals surface area contributed by atoms with E-state index in [4.69, 9.17) is 0 Å². The average molecular weight is 243 g/mol. The van der Waals surface area contributed by atoms with Crippen LogP contribution in [0.15, 0.2) is 18.6 Å². The van der Waals surface area contributed by atoms with Gasteiger partial charge in [0, 0.05) is 31.4 Å². The number of aromatic amines is 1. The number of fused-ring (bicyclic) bond motifs is 1. The molecule has 5 nitrogen and oxygen atoms in total. The van der Waals surface area contributed by atoms with Gasteiger partial charge in [-0.3, -0.25) is 0 Å². The van der Waals surface area contributed by atoms with Gasteiger partial charge in [-0.05, 0) is 18.4 Å². The van der Waals surface area contributed by atoms with Crippen molar-refractivity contribution in [2.75, 3.05) is 24.5 Å². The Morgan fingerprint density at radius 1 is 1.44 bits per heavy atom. The van der Waals surface area contributed by atoms with Crippen LogP contribution in [0.25, 0.3) is 11.0 Å². The molecule has 5 heteroatoms. The normalized spacial score (nSPS) is 31.2. The predicted molar refractivity (Wildman–Crippen MR) is 70.6 cm³/mol. The summed E-state index contributed by atoms with van der Waals surface area (Å²) in [6.45, 7) is 5.63. The molecule has 1 spiro atoms. The van der Waals surface area contributed by atoms with Gasteiger partial charge >= 0.3 is 0 Å². The second kappa shape index (κ2) is 3.45. The number of rotatable bonds is 1. The van der Waals surface area contributed by atoms with Crippen LogP contribution in [0.2, 0.25) is 0 Å². The molecule has 4 heterocycles. The van der Waals surface area contributed by atoms with Gasteiger partial charge in [0.05, 0.1) is 5.39 Å². The Bertz CT molecular complexity index is 592. The number of H-pyrrole nitrogens is 1. The lowest BCUT2D eigenvalue weighted by Crippen LogP contribution is -2.65. The molecule has 18 heavy (non-hydrogen) atoms. The third-order valence-electron chi connectivity index (χ3n) is 4.64. The van der Waals surface area contributed by atoms with E-state index in [1.165, 1.54) is 6.42 Å². The highest BCUT2D eigenvalue weighted by molar-refractivity contribution is 5.87. The third kappa shape index (κ3) is 1.25. The first-order valence-electron chi connectivity index (χ1n) is 6.57. The summed E-state index contributed by atoms with van der Waals surface area (Å²) in [5.74, 6) is 1.84. The van der Waals surface area contributed by atoms with Crippen LogP contribution in [0.1, 0.15) is 13.3 Å². The molecule has 0 bridgehead atoms. The first kappa shape index (κ1) is 10.3. The first-order valence-corrected chi connectivity index (χ1v) is 6.57. The summed E-state index contributed by atoms with van der Waals surface area (Å²) < 4.78 is 0. The number of aromatic nitrogens is 3. The largest absolute Gasteiger partial charge is 0.354 e. The Morgan fingerprint density at radius 2 is 2.39 bits per heavy atom. The van der Waals surface area contributed by atoms with Gasteiger partial charge in [0.25, 0.3) is 0 Å². The molecule has 0 aliphatic carbocycles. The van der Waals surface area contributed by atoms with E-state index >= 15 is 0 Å². The second-order valence-corrected chi connectivity index (χ2v) is 5.55. The molecule has 2 fully saturated rings. The van der Waals surface area contributed by atoms with E-state index in [-0.39, 0.29) is 0 Å². The summed E-state index contributed by atoms with van der Waals surface area (Å²) in [5, 5.41) is 4.75. The maximum Gasteiger partial charge on any atom is 0.142 e. The molecule has 2 saturated heterocycles. The molecular weight excluding hydrogens is 226 g/mol. The van der Waals surface area contributed by atoms with E-state index in [9.17, 15) is 0 Å². The van der Waals surface area contributed by atoms with Crippen molar-refractivity contribution in [3.63, 3.8) is 0 Å². The van der Waals surface area contributed by atoms with Crippen molar-refractivity contribution in [1.29, 1.82) is 0 Å². The van der Waals surface area contributed by atoms with Crippen LogP contribution < -0.4 is 10.2 Å². The summed E-state index contributed by atoms with van der Waals surface area (Å²) in [7, 11) is 0. The van der Waals surface area contributed by atoms with Gasteiger partial charge in [0.1, 0.15) is 17.8 Å². The molecule has 2 aliphatic rings. The van der Waals surface area contributed by atoms with Crippen molar-refractivity contribution >= 4 is 16.9 Å². The second-order valence-electron chi connectivity index (χ2n) is 5.55. The van der Waals surface area contributed by atoms with Crippen LogP contribution in [-0.2, 0) is 0 Å². The highest BCUT2D eigenvalue weighted by atomic mass is 15.3. The van der Waals surface area contributed by atoms with Gasteiger partial charge in [0.15, 0.2) is 0 Å². The van der Waals surface area contributed by atoms with E-state index in [0.29, 0.717) is 5.54 Å². The van der Waals surface area contributed by atoms with E-state index < -0.39 is 0 Å². The lowest BCUT2D eigenvalue weighted by molar-refractivity contribution is 0.138. The zero-order chi connectivity index (χ0) is 12.2. The zero-order valence-electron chi connectivity index (χ0n) is 10.5. The lowest BCUT2D eigenvalue weighted by Gasteiger charge is -2.46. The fourth-order valence-corrected chi connectivity index (χ4v) is 3.27. The van der Waals surface area contributed by atoms with Crippen molar-refractivity contribution in [3.8, 4) is 0 Å². The molecule has 2 atom stereocenters. The molecule has 2 aromatic rings. The van der Waals surface area contributed by atoms with E-state index in [0.717, 1.165) is 42.4 Å². The van der Waals surface area contributed by atoms with Crippen molar-refractivity contribution in [2.45, 2.75) is 18.9 Å². The van der Waals surface area contributed by atoms with Crippen LogP contribution >= 0.6 is 0 Å². The van der Waals surface area contributed by atoms with Crippen molar-refractivity contribution < 1.29 is 0 Å². The number of hydrogen-bond acceptors (Lipinski definition) is 4. The summed E-state index contributed by atoms with van der Waals surface area (Å²) in [6.07, 6.45) is 4.79. The molecule has 0 amide bonds. The number of anilines is 1. The maximum atomic E-state index is 4.48. The Morgan fingerprint density at radius 3 is 3.11 bits per heavy atom. The molecule has 94 valence electrons. The van der Waals surface area contributed by atoms with Crippen molar-refractivity contribution in [1.82, 2.24) is 20.3 Å². The molecule has 1 unspecified atom stereocenters. The van der Waals surface area contributed by atoms with Crippen LogP contribution in [-0.4, -0.2) is 40.1 Å². The minimum atomic E-state index is 0.327. The molecular formula is C13H17N5. The topological polar surface area (TPSA) is 56.8 Å². The Kier molecular flexibility index (Phi) is 1.97. The SMILES string of the molecule is CC1CN[C@]12CCN(c1ncnc3[nH]ccc13)C2. The monoisotopic (exact) mass is 243 g/mol. The van der Waals surface area contributed by atoms with Gasteiger partial charge in [-0.15, -0.1) is 0 Å². The van der Waals surface area contributed by atoms with Gasteiger partial charge in [0.2, 0.25) is 0 Å². The molecule has 0 aromatic carbocycles. The van der Waals surface area contributed by atoms with E-state index in [1.807, 2.05) is 6.20 Å². The van der Waals surface area contributed by atoms with Gasteiger partial charge in [-0.2, -0.15) is 0 Å². The van der Waals surface area contributed by atoms with Crippen molar-refractivity contribution in [3.05, 3.63) is 18.6 Å². The fraction of sp³-hybridized carbons (Fsp3) is 0.538. The van der Waals surface area contributed by atoms with Crippen molar-refractivity contribution in [2.24, 2.45) is 5.92 Å². The van der Waals surface area contributed by atoms with Gasteiger partial charge < -0.3 is 15.2 Å². The first-order chi connectivity index (χ1) is 8.78. The summed E-state index contributed by atoms with van der Waals surface area (Å²) in [6, 6.07) is 2.06. The number of nitrogens with one attached hydrogen (secondary N) is 2. The summed E-state index contributed by atoms with van der Waals surface area (Å²) >= 11 is 0. The number of hydrogen-bond donors (Lipinski definition) is 2. The zero-order valence-corrected chi connectivity index (χ0v) is 10.5. The third-order valence-corrected chi connectivity index (χ3v) is 4.64. The van der Waals surface area contributed by atoms with Crippen LogP contribution in [0, 0.1) is 5.92 Å². The van der Waals surface area contributed by atoms with E-state index in [1.54, 1.807) is 6.33 Å². The van der Waals surface area contributed by atoms with Gasteiger partial charge in [-0.1, -0.05) is 6.92 Å². The highest BCUT2D eigenvalue weighted by Gasteiger charge is 2.48. The molecule has 2 N–H and O–H groups in total. The maximum absolute atomic E-state index is 4.48. The highest BCUT2D eigenvalue weighted by Crippen LogP contribution is 2.37. The van der Waals surface area contributed by atoms with Crippen LogP contribution in [0.3, 0.4) is 0 Å².